The molecule has 1 saturated heterocycles. The Bertz CT molecular complexity index is 1120. The van der Waals surface area contributed by atoms with E-state index in [1.807, 2.05) is 18.2 Å². The van der Waals surface area contributed by atoms with E-state index >= 15 is 0 Å². The first-order chi connectivity index (χ1) is 11.4. The number of aromatic nitrogens is 3. The van der Waals surface area contributed by atoms with Gasteiger partial charge in [0, 0.05) is 23.5 Å². The molecule has 4 rings (SSSR count). The zero-order valence-corrected chi connectivity index (χ0v) is 15.5. The van der Waals surface area contributed by atoms with Crippen molar-refractivity contribution in [3.05, 3.63) is 44.8 Å². The summed E-state index contributed by atoms with van der Waals surface area (Å²) in [6, 6.07) is 7.41. The van der Waals surface area contributed by atoms with Gasteiger partial charge in [-0.3, -0.25) is 9.36 Å². The molecule has 0 unspecified atom stereocenters. The molecular formula is C16H16BrN3O3S. The molecule has 1 fully saturated rings. The summed E-state index contributed by atoms with van der Waals surface area (Å²) in [6.45, 7) is 0. The highest BCUT2D eigenvalue weighted by Crippen LogP contribution is 2.29. The van der Waals surface area contributed by atoms with Crippen molar-refractivity contribution in [1.82, 2.24) is 14.2 Å². The van der Waals surface area contributed by atoms with Gasteiger partial charge in [0.05, 0.1) is 28.1 Å². The molecular weight excluding hydrogens is 394 g/mol. The maximum Gasteiger partial charge on any atom is 0.261 e. The summed E-state index contributed by atoms with van der Waals surface area (Å²) in [5.41, 5.74) is 2.25. The van der Waals surface area contributed by atoms with Gasteiger partial charge in [0.1, 0.15) is 15.5 Å². The molecule has 0 atom stereocenters. The number of aryl methyl sites for hydroxylation is 1. The molecule has 126 valence electrons. The van der Waals surface area contributed by atoms with E-state index in [0.29, 0.717) is 23.9 Å². The minimum atomic E-state index is -2.90. The minimum absolute atomic E-state index is 0.0670. The minimum Gasteiger partial charge on any atom is -0.296 e. The van der Waals surface area contributed by atoms with Crippen molar-refractivity contribution in [2.45, 2.75) is 18.8 Å². The second-order valence-electron chi connectivity index (χ2n) is 6.29. The quantitative estimate of drug-likeness (QED) is 0.617. The molecule has 1 aromatic carbocycles. The Kier molecular flexibility index (Phi) is 3.58. The molecule has 0 aliphatic carbocycles. The highest BCUT2D eigenvalue weighted by Gasteiger charge is 2.27. The molecule has 0 radical (unpaired) electrons. The third-order valence-electron chi connectivity index (χ3n) is 4.75. The summed E-state index contributed by atoms with van der Waals surface area (Å²) < 4.78 is 27.5. The third-order valence-corrected chi connectivity index (χ3v) is 6.96. The zero-order chi connectivity index (χ0) is 17.1. The Morgan fingerprint density at radius 3 is 2.62 bits per heavy atom. The van der Waals surface area contributed by atoms with Gasteiger partial charge in [-0.25, -0.2) is 12.9 Å². The Morgan fingerprint density at radius 1 is 1.21 bits per heavy atom. The Hall–Kier alpha value is -1.67. The van der Waals surface area contributed by atoms with Gasteiger partial charge in [0.2, 0.25) is 0 Å². The van der Waals surface area contributed by atoms with Crippen LogP contribution >= 0.6 is 15.9 Å². The second kappa shape index (κ2) is 5.42. The highest BCUT2D eigenvalue weighted by molar-refractivity contribution is 9.10. The van der Waals surface area contributed by atoms with E-state index < -0.39 is 9.84 Å². The van der Waals surface area contributed by atoms with E-state index in [-0.39, 0.29) is 23.0 Å². The van der Waals surface area contributed by atoms with E-state index in [1.54, 1.807) is 22.2 Å². The van der Waals surface area contributed by atoms with Gasteiger partial charge in [-0.2, -0.15) is 5.10 Å². The summed E-state index contributed by atoms with van der Waals surface area (Å²) in [6.07, 6.45) is 1.17. The molecule has 0 spiro atoms. The van der Waals surface area contributed by atoms with Crippen LogP contribution in [0.15, 0.2) is 33.5 Å². The number of hydrogen-bond acceptors (Lipinski definition) is 4. The van der Waals surface area contributed by atoms with E-state index in [4.69, 9.17) is 5.10 Å². The first-order valence-electron chi connectivity index (χ1n) is 7.74. The number of nitrogens with zero attached hydrogens (tertiary/aromatic N) is 3. The molecule has 0 saturated carbocycles. The van der Waals surface area contributed by atoms with Crippen molar-refractivity contribution in [3.63, 3.8) is 0 Å². The Labute approximate surface area is 147 Å². The molecule has 1 aliphatic rings. The summed E-state index contributed by atoms with van der Waals surface area (Å²) in [4.78, 5) is 12.6. The van der Waals surface area contributed by atoms with Gasteiger partial charge >= 0.3 is 0 Å². The number of sulfone groups is 1. The van der Waals surface area contributed by atoms with Gasteiger partial charge in [-0.1, -0.05) is 15.9 Å². The summed E-state index contributed by atoms with van der Waals surface area (Å²) in [5, 5.41) is 5.30. The van der Waals surface area contributed by atoms with E-state index in [1.165, 1.54) is 0 Å². The summed E-state index contributed by atoms with van der Waals surface area (Å²) in [7, 11) is -1.17. The monoisotopic (exact) mass is 409 g/mol. The molecule has 3 aromatic rings. The van der Waals surface area contributed by atoms with Crippen molar-refractivity contribution in [3.8, 4) is 0 Å². The number of benzene rings is 1. The van der Waals surface area contributed by atoms with Crippen molar-refractivity contribution in [2.24, 2.45) is 7.05 Å². The van der Waals surface area contributed by atoms with Gasteiger partial charge in [-0.05, 0) is 31.0 Å². The molecule has 3 heterocycles. The average Bonchev–Trinajstić information content (AvgIpc) is 2.98. The van der Waals surface area contributed by atoms with Crippen LogP contribution in [0.25, 0.3) is 16.6 Å². The van der Waals surface area contributed by atoms with Crippen LogP contribution in [-0.2, 0) is 16.9 Å². The Balaban J connectivity index is 1.92. The normalized spacial score (nSPS) is 18.4. The van der Waals surface area contributed by atoms with E-state index in [2.05, 4.69) is 15.9 Å². The predicted octanol–water partition coefficient (Wildman–Crippen LogP) is 2.24. The maximum atomic E-state index is 12.6. The van der Waals surface area contributed by atoms with Gasteiger partial charge < -0.3 is 0 Å². The van der Waals surface area contributed by atoms with Gasteiger partial charge in [0.15, 0.2) is 0 Å². The highest BCUT2D eigenvalue weighted by atomic mass is 79.9. The molecule has 0 N–H and O–H groups in total. The third kappa shape index (κ3) is 2.48. The van der Waals surface area contributed by atoms with Crippen LogP contribution in [0.3, 0.4) is 0 Å². The topological polar surface area (TPSA) is 73.4 Å². The summed E-state index contributed by atoms with van der Waals surface area (Å²) in [5.74, 6) is 0.527. The predicted molar refractivity (Wildman–Crippen MR) is 96.3 cm³/mol. The van der Waals surface area contributed by atoms with Gasteiger partial charge in [-0.15, -0.1) is 0 Å². The molecule has 0 bridgehead atoms. The molecule has 6 nitrogen and oxygen atoms in total. The number of rotatable bonds is 1. The van der Waals surface area contributed by atoms with Gasteiger partial charge in [0.25, 0.3) is 5.56 Å². The van der Waals surface area contributed by atoms with Crippen molar-refractivity contribution >= 4 is 42.3 Å². The van der Waals surface area contributed by atoms with Crippen LogP contribution < -0.4 is 5.56 Å². The fourth-order valence-electron chi connectivity index (χ4n) is 3.34. The molecule has 8 heteroatoms. The lowest BCUT2D eigenvalue weighted by Crippen LogP contribution is -2.22. The van der Waals surface area contributed by atoms with E-state index in [0.717, 1.165) is 15.7 Å². The zero-order valence-electron chi connectivity index (χ0n) is 13.1. The summed E-state index contributed by atoms with van der Waals surface area (Å²) >= 11 is 3.44. The molecule has 0 amide bonds. The fourth-order valence-corrected chi connectivity index (χ4v) is 5.18. The number of fused-ring (bicyclic) bond motifs is 3. The standard InChI is InChI=1S/C16H16BrN3O3S/c1-19-15-9-13(10-4-6-24(22,23)7-5-10)18-20(15)14-8-11(17)2-3-12(14)16(19)21/h2-3,8-10H,4-7H2,1H3. The average molecular weight is 410 g/mol. The van der Waals surface area contributed by atoms with E-state index in [9.17, 15) is 13.2 Å². The molecule has 1 aliphatic heterocycles. The number of hydrogen-bond donors (Lipinski definition) is 0. The smallest absolute Gasteiger partial charge is 0.261 e. The van der Waals surface area contributed by atoms with Crippen LogP contribution in [0.2, 0.25) is 0 Å². The maximum absolute atomic E-state index is 12.6. The first-order valence-corrected chi connectivity index (χ1v) is 10.4. The largest absolute Gasteiger partial charge is 0.296 e. The molecule has 2 aromatic heterocycles. The first kappa shape index (κ1) is 15.8. The van der Waals surface area contributed by atoms with Crippen molar-refractivity contribution in [1.29, 1.82) is 0 Å². The van der Waals surface area contributed by atoms with Crippen molar-refractivity contribution < 1.29 is 8.42 Å². The lowest BCUT2D eigenvalue weighted by atomic mass is 9.99. The molecule has 24 heavy (non-hydrogen) atoms. The lowest BCUT2D eigenvalue weighted by Gasteiger charge is -2.19. The van der Waals surface area contributed by atoms with Crippen molar-refractivity contribution in [2.75, 3.05) is 11.5 Å². The second-order valence-corrected chi connectivity index (χ2v) is 9.51. The number of halogens is 1. The van der Waals surface area contributed by atoms with Crippen LogP contribution in [0.5, 0.6) is 0 Å². The van der Waals surface area contributed by atoms with Crippen LogP contribution in [0, 0.1) is 0 Å². The van der Waals surface area contributed by atoms with Crippen LogP contribution in [0.4, 0.5) is 0 Å². The lowest BCUT2D eigenvalue weighted by molar-refractivity contribution is 0.543. The van der Waals surface area contributed by atoms with Crippen LogP contribution in [0.1, 0.15) is 24.5 Å². The SMILES string of the molecule is Cn1c(=O)c2ccc(Br)cc2n2nc(C3CCS(=O)(=O)CC3)cc12. The fraction of sp³-hybridized carbons (Fsp3) is 0.375. The Morgan fingerprint density at radius 2 is 1.92 bits per heavy atom. The van der Waals surface area contributed by atoms with Crippen LogP contribution in [-0.4, -0.2) is 34.1 Å².